The molecule has 1 heterocycles. The quantitative estimate of drug-likeness (QED) is 0.668. The van der Waals surface area contributed by atoms with Crippen LogP contribution in [0, 0.1) is 0 Å². The number of rotatable bonds is 4. The molecule has 132 valence electrons. The molecule has 6 nitrogen and oxygen atoms in total. The molecular weight excluding hydrogens is 396 g/mol. The number of aromatic nitrogens is 2. The fraction of sp³-hybridized carbons (Fsp3) is 0.105. The number of hydrogen-bond donors (Lipinski definition) is 1. The molecule has 0 bridgehead atoms. The van der Waals surface area contributed by atoms with Gasteiger partial charge in [0, 0.05) is 24.1 Å². The zero-order chi connectivity index (χ0) is 18.5. The van der Waals surface area contributed by atoms with Gasteiger partial charge in [-0.25, -0.2) is 4.68 Å². The van der Waals surface area contributed by atoms with Gasteiger partial charge >= 0.3 is 11.8 Å². The molecule has 0 radical (unpaired) electrons. The molecule has 2 amide bonds. The third-order valence-corrected chi connectivity index (χ3v) is 4.29. The van der Waals surface area contributed by atoms with E-state index in [-0.39, 0.29) is 0 Å². The number of carbonyl (C=O) groups is 2. The van der Waals surface area contributed by atoms with Gasteiger partial charge in [0.1, 0.15) is 5.82 Å². The van der Waals surface area contributed by atoms with E-state index in [1.54, 1.807) is 24.0 Å². The van der Waals surface area contributed by atoms with Gasteiger partial charge < -0.3 is 10.2 Å². The SMILES string of the molecule is CN(Cc1ccc(Br)cc1)C(=O)C(=O)Nc1ccnn1-c1ccccc1. The van der Waals surface area contributed by atoms with Crippen LogP contribution in [0.25, 0.3) is 5.69 Å². The van der Waals surface area contributed by atoms with Crippen LogP contribution in [0.1, 0.15) is 5.56 Å². The third-order valence-electron chi connectivity index (χ3n) is 3.76. The predicted octanol–water partition coefficient (Wildman–Crippen LogP) is 3.23. The number of benzene rings is 2. The normalized spacial score (nSPS) is 10.4. The Morgan fingerprint density at radius 2 is 1.77 bits per heavy atom. The summed E-state index contributed by atoms with van der Waals surface area (Å²) in [4.78, 5) is 26.1. The van der Waals surface area contributed by atoms with Crippen molar-refractivity contribution < 1.29 is 9.59 Å². The van der Waals surface area contributed by atoms with Gasteiger partial charge in [-0.2, -0.15) is 5.10 Å². The largest absolute Gasteiger partial charge is 0.333 e. The van der Waals surface area contributed by atoms with Crippen molar-refractivity contribution in [1.82, 2.24) is 14.7 Å². The number of nitrogens with one attached hydrogen (secondary N) is 1. The van der Waals surface area contributed by atoms with E-state index >= 15 is 0 Å². The molecule has 3 rings (SSSR count). The van der Waals surface area contributed by atoms with Crippen molar-refractivity contribution >= 4 is 33.6 Å². The van der Waals surface area contributed by atoms with E-state index in [9.17, 15) is 9.59 Å². The number of hydrogen-bond acceptors (Lipinski definition) is 3. The smallest absolute Gasteiger partial charge is 0.315 e. The highest BCUT2D eigenvalue weighted by atomic mass is 79.9. The number of carbonyl (C=O) groups excluding carboxylic acids is 2. The van der Waals surface area contributed by atoms with Crippen molar-refractivity contribution in [1.29, 1.82) is 0 Å². The Kier molecular flexibility index (Phi) is 5.48. The Morgan fingerprint density at radius 3 is 2.46 bits per heavy atom. The number of para-hydroxylation sites is 1. The van der Waals surface area contributed by atoms with E-state index in [0.29, 0.717) is 12.4 Å². The molecule has 0 fully saturated rings. The molecule has 1 N–H and O–H groups in total. The highest BCUT2D eigenvalue weighted by Crippen LogP contribution is 2.15. The summed E-state index contributed by atoms with van der Waals surface area (Å²) in [5.41, 5.74) is 1.73. The van der Waals surface area contributed by atoms with Crippen LogP contribution in [-0.2, 0) is 16.1 Å². The van der Waals surface area contributed by atoms with Crippen LogP contribution in [0.2, 0.25) is 0 Å². The van der Waals surface area contributed by atoms with Crippen LogP contribution in [0.3, 0.4) is 0 Å². The molecule has 3 aromatic rings. The molecule has 7 heteroatoms. The zero-order valence-electron chi connectivity index (χ0n) is 14.1. The Hall–Kier alpha value is -2.93. The first kappa shape index (κ1) is 17.9. The average Bonchev–Trinajstić information content (AvgIpc) is 3.11. The van der Waals surface area contributed by atoms with Crippen LogP contribution in [0.15, 0.2) is 71.3 Å². The second kappa shape index (κ2) is 7.97. The maximum absolute atomic E-state index is 12.4. The van der Waals surface area contributed by atoms with Gasteiger partial charge in [-0.1, -0.05) is 46.3 Å². The topological polar surface area (TPSA) is 67.2 Å². The Balaban J connectivity index is 1.67. The van der Waals surface area contributed by atoms with E-state index in [2.05, 4.69) is 26.3 Å². The fourth-order valence-corrected chi connectivity index (χ4v) is 2.72. The van der Waals surface area contributed by atoms with Crippen LogP contribution in [-0.4, -0.2) is 33.5 Å². The first-order chi connectivity index (χ1) is 12.5. The lowest BCUT2D eigenvalue weighted by molar-refractivity contribution is -0.142. The van der Waals surface area contributed by atoms with Crippen molar-refractivity contribution in [3.05, 3.63) is 76.9 Å². The van der Waals surface area contributed by atoms with Crippen molar-refractivity contribution in [2.24, 2.45) is 0 Å². The Bertz CT molecular complexity index is 907. The molecule has 0 aliphatic rings. The predicted molar refractivity (Wildman–Crippen MR) is 103 cm³/mol. The summed E-state index contributed by atoms with van der Waals surface area (Å²) in [6.07, 6.45) is 1.57. The minimum Gasteiger partial charge on any atom is -0.333 e. The van der Waals surface area contributed by atoms with Crippen molar-refractivity contribution in [3.63, 3.8) is 0 Å². The van der Waals surface area contributed by atoms with Crippen LogP contribution in [0.5, 0.6) is 0 Å². The molecule has 2 aromatic carbocycles. The van der Waals surface area contributed by atoms with Gasteiger partial charge in [-0.3, -0.25) is 9.59 Å². The first-order valence-corrected chi connectivity index (χ1v) is 8.74. The van der Waals surface area contributed by atoms with Gasteiger partial charge in [0.05, 0.1) is 11.9 Å². The lowest BCUT2D eigenvalue weighted by Crippen LogP contribution is -2.37. The number of halogens is 1. The fourth-order valence-electron chi connectivity index (χ4n) is 2.45. The van der Waals surface area contributed by atoms with Crippen LogP contribution in [0.4, 0.5) is 5.82 Å². The standard InChI is InChI=1S/C19H17BrN4O2/c1-23(13-14-7-9-15(20)10-8-14)19(26)18(25)22-17-11-12-21-24(17)16-5-3-2-4-6-16/h2-12H,13H2,1H3,(H,22,25). The van der Waals surface area contributed by atoms with Crippen molar-refractivity contribution in [3.8, 4) is 5.69 Å². The molecule has 26 heavy (non-hydrogen) atoms. The number of likely N-dealkylation sites (N-methyl/N-ethyl adjacent to an activating group) is 1. The van der Waals surface area contributed by atoms with Crippen molar-refractivity contribution in [2.45, 2.75) is 6.54 Å². The number of nitrogens with zero attached hydrogens (tertiary/aromatic N) is 3. The van der Waals surface area contributed by atoms with E-state index in [1.807, 2.05) is 54.6 Å². The highest BCUT2D eigenvalue weighted by molar-refractivity contribution is 9.10. The summed E-state index contributed by atoms with van der Waals surface area (Å²) in [6.45, 7) is 0.345. The summed E-state index contributed by atoms with van der Waals surface area (Å²) < 4.78 is 2.53. The number of amides is 2. The van der Waals surface area contributed by atoms with Gasteiger partial charge in [0.2, 0.25) is 0 Å². The van der Waals surface area contributed by atoms with Gasteiger partial charge in [-0.15, -0.1) is 0 Å². The summed E-state index contributed by atoms with van der Waals surface area (Å²) in [6, 6.07) is 18.6. The van der Waals surface area contributed by atoms with E-state index in [1.165, 1.54) is 4.90 Å². The summed E-state index contributed by atoms with van der Waals surface area (Å²) >= 11 is 3.37. The summed E-state index contributed by atoms with van der Waals surface area (Å²) in [5, 5.41) is 6.82. The molecular formula is C19H17BrN4O2. The van der Waals surface area contributed by atoms with Gasteiger partial charge in [0.25, 0.3) is 0 Å². The second-order valence-electron chi connectivity index (χ2n) is 5.71. The molecule has 0 aliphatic heterocycles. The second-order valence-corrected chi connectivity index (χ2v) is 6.62. The zero-order valence-corrected chi connectivity index (χ0v) is 15.7. The maximum atomic E-state index is 12.4. The molecule has 0 aliphatic carbocycles. The van der Waals surface area contributed by atoms with E-state index < -0.39 is 11.8 Å². The lowest BCUT2D eigenvalue weighted by Gasteiger charge is -2.17. The summed E-state index contributed by atoms with van der Waals surface area (Å²) in [7, 11) is 1.60. The van der Waals surface area contributed by atoms with Crippen LogP contribution >= 0.6 is 15.9 Å². The van der Waals surface area contributed by atoms with Gasteiger partial charge in [-0.05, 0) is 29.8 Å². The first-order valence-electron chi connectivity index (χ1n) is 7.95. The van der Waals surface area contributed by atoms with E-state index in [4.69, 9.17) is 0 Å². The monoisotopic (exact) mass is 412 g/mol. The minimum atomic E-state index is -0.706. The molecule has 0 spiro atoms. The molecule has 0 unspecified atom stereocenters. The third kappa shape index (κ3) is 4.18. The maximum Gasteiger partial charge on any atom is 0.315 e. The molecule has 0 saturated carbocycles. The number of anilines is 1. The molecule has 1 aromatic heterocycles. The van der Waals surface area contributed by atoms with Crippen LogP contribution < -0.4 is 5.32 Å². The highest BCUT2D eigenvalue weighted by Gasteiger charge is 2.20. The Labute approximate surface area is 159 Å². The minimum absolute atomic E-state index is 0.345. The molecule has 0 saturated heterocycles. The average molecular weight is 413 g/mol. The lowest BCUT2D eigenvalue weighted by atomic mass is 10.2. The summed E-state index contributed by atoms with van der Waals surface area (Å²) in [5.74, 6) is -0.886. The molecule has 0 atom stereocenters. The Morgan fingerprint density at radius 1 is 1.08 bits per heavy atom. The van der Waals surface area contributed by atoms with Crippen molar-refractivity contribution in [2.75, 3.05) is 12.4 Å². The van der Waals surface area contributed by atoms with E-state index in [0.717, 1.165) is 15.7 Å². The van der Waals surface area contributed by atoms with Gasteiger partial charge in [0.15, 0.2) is 0 Å².